The molecule has 0 aliphatic heterocycles. The largest absolute Gasteiger partial charge is 4.00 e. The van der Waals surface area contributed by atoms with Crippen molar-refractivity contribution >= 4 is 0 Å². The Hall–Kier alpha value is 0.154. The van der Waals surface area contributed by atoms with Crippen LogP contribution >= 0.6 is 0 Å². The first kappa shape index (κ1) is 21.4. The summed E-state index contributed by atoms with van der Waals surface area (Å²) in [5.41, 5.74) is 3.94. The summed E-state index contributed by atoms with van der Waals surface area (Å²) in [4.78, 5) is 0. The monoisotopic (exact) mass is 308 g/mol. The van der Waals surface area contributed by atoms with Gasteiger partial charge in [-0.3, -0.25) is 0 Å². The fourth-order valence-corrected chi connectivity index (χ4v) is 1.37. The fourth-order valence-electron chi connectivity index (χ4n) is 1.37. The zero-order chi connectivity index (χ0) is 8.39. The molecule has 0 amide bonds. The second-order valence-corrected chi connectivity index (χ2v) is 3.04. The Morgan fingerprint density at radius 2 is 1.38 bits per heavy atom. The summed E-state index contributed by atoms with van der Waals surface area (Å²) in [5.74, 6) is 0. The van der Waals surface area contributed by atoms with Crippen LogP contribution in [0.4, 0.5) is 0 Å². The summed E-state index contributed by atoms with van der Waals surface area (Å²) in [6.07, 6.45) is 0. The molecule has 0 fully saturated rings. The van der Waals surface area contributed by atoms with Crippen molar-refractivity contribution in [2.45, 2.75) is 6.92 Å². The summed E-state index contributed by atoms with van der Waals surface area (Å²) in [6.45, 7) is 2.12. The maximum absolute atomic E-state index is 2.20. The second kappa shape index (κ2) is 10.3. The Labute approximate surface area is 130 Å². The Bertz CT molecular complexity index is 371. The molecule has 16 heavy (non-hydrogen) atoms. The first-order chi connectivity index (χ1) is 5.86. The summed E-state index contributed by atoms with van der Waals surface area (Å²) in [6, 6.07) is 16.9. The van der Waals surface area contributed by atoms with Crippen LogP contribution < -0.4 is 37.2 Å². The van der Waals surface area contributed by atoms with E-state index in [1.54, 1.807) is 0 Å². The normalized spacial score (nSPS) is 7.56. The predicted octanol–water partition coefficient (Wildman–Crippen LogP) is -5.61. The molecule has 0 N–H and O–H groups in total. The minimum Gasteiger partial charge on any atom is -1.00 e. The van der Waals surface area contributed by atoms with Crippen molar-refractivity contribution in [2.24, 2.45) is 0 Å². The van der Waals surface area contributed by atoms with Crippen molar-refractivity contribution in [1.82, 2.24) is 0 Å². The van der Waals surface area contributed by atoms with Gasteiger partial charge in [0.25, 0.3) is 0 Å². The van der Waals surface area contributed by atoms with Crippen molar-refractivity contribution in [3.8, 4) is 11.1 Å². The molecule has 0 aliphatic carbocycles. The first-order valence-corrected chi connectivity index (χ1v) is 4.15. The molecule has 0 saturated heterocycles. The smallest absolute Gasteiger partial charge is 1.00 e. The van der Waals surface area contributed by atoms with Gasteiger partial charge >= 0.3 is 21.7 Å². The molecule has 0 aromatic heterocycles. The molecule has 0 atom stereocenters. The molecule has 0 radical (unpaired) electrons. The number of aryl methyl sites for hydroxylation is 1. The molecule has 0 spiro atoms. The Morgan fingerprint density at radius 1 is 0.812 bits per heavy atom. The number of benzene rings is 1. The van der Waals surface area contributed by atoms with E-state index in [-0.39, 0.29) is 58.9 Å². The van der Waals surface area contributed by atoms with Crippen molar-refractivity contribution in [1.29, 1.82) is 0 Å². The van der Waals surface area contributed by atoms with Gasteiger partial charge in [0.1, 0.15) is 0 Å². The van der Waals surface area contributed by atoms with Gasteiger partial charge in [-0.05, 0) is 0 Å². The van der Waals surface area contributed by atoms with Gasteiger partial charge in [0.05, 0.1) is 0 Å². The number of halogens is 3. The number of hydrogen-bond donors (Lipinski definition) is 0. The van der Waals surface area contributed by atoms with E-state index in [0.29, 0.717) is 0 Å². The molecule has 84 valence electrons. The Kier molecular flexibility index (Phi) is 13.8. The Balaban J connectivity index is -0.000000422. The molecule has 2 aromatic rings. The van der Waals surface area contributed by atoms with E-state index < -0.39 is 0 Å². The average molecular weight is 309 g/mol. The zero-order valence-corrected chi connectivity index (χ0v) is 12.6. The van der Waals surface area contributed by atoms with E-state index in [9.17, 15) is 0 Å². The standard InChI is InChI=1S/C12H11.3ClH.Ti/c1-10-7-8-12(9-10)11-5-3-2-4-6-11;;;;/h2-9H,1H3;3*1H;/q-1;;;;+4/p-3. The van der Waals surface area contributed by atoms with Gasteiger partial charge in [0, 0.05) is 0 Å². The maximum Gasteiger partial charge on any atom is 4.00 e. The van der Waals surface area contributed by atoms with Crippen molar-refractivity contribution < 1.29 is 58.9 Å². The molecular formula is C12H11Cl3Ti. The molecular weight excluding hydrogens is 298 g/mol. The number of rotatable bonds is 1. The molecule has 2 aromatic carbocycles. The third-order valence-electron chi connectivity index (χ3n) is 2.02. The summed E-state index contributed by atoms with van der Waals surface area (Å²) < 4.78 is 0. The molecule has 0 saturated carbocycles. The molecule has 0 heterocycles. The molecule has 2 rings (SSSR count). The second-order valence-electron chi connectivity index (χ2n) is 3.04. The van der Waals surface area contributed by atoms with Crippen LogP contribution in [0.15, 0.2) is 48.5 Å². The van der Waals surface area contributed by atoms with E-state index in [2.05, 4.69) is 49.4 Å². The van der Waals surface area contributed by atoms with Crippen LogP contribution in [0.25, 0.3) is 11.1 Å². The molecule has 0 bridgehead atoms. The van der Waals surface area contributed by atoms with Gasteiger partial charge in [-0.15, -0.1) is 0 Å². The molecule has 0 aliphatic rings. The maximum atomic E-state index is 2.20. The van der Waals surface area contributed by atoms with Crippen LogP contribution in [0.1, 0.15) is 5.56 Å². The van der Waals surface area contributed by atoms with Crippen molar-refractivity contribution in [3.63, 3.8) is 0 Å². The SMILES string of the molecule is C[c-]1ccc(-c2ccccc2)c1.[Cl-].[Cl-].[Cl-].[Ti+4]. The third kappa shape index (κ3) is 5.47. The summed E-state index contributed by atoms with van der Waals surface area (Å²) >= 11 is 0. The zero-order valence-electron chi connectivity index (χ0n) is 8.75. The van der Waals surface area contributed by atoms with Gasteiger partial charge in [0.15, 0.2) is 0 Å². The van der Waals surface area contributed by atoms with E-state index in [4.69, 9.17) is 0 Å². The van der Waals surface area contributed by atoms with E-state index in [0.717, 1.165) is 0 Å². The van der Waals surface area contributed by atoms with Crippen LogP contribution in [0, 0.1) is 6.92 Å². The number of hydrogen-bond acceptors (Lipinski definition) is 0. The van der Waals surface area contributed by atoms with Crippen LogP contribution in [-0.2, 0) is 21.7 Å². The Morgan fingerprint density at radius 3 is 1.81 bits per heavy atom. The predicted molar refractivity (Wildman–Crippen MR) is 52.2 cm³/mol. The quantitative estimate of drug-likeness (QED) is 0.364. The average Bonchev–Trinajstić information content (AvgIpc) is 2.54. The molecule has 4 heteroatoms. The summed E-state index contributed by atoms with van der Waals surface area (Å²) in [7, 11) is 0. The van der Waals surface area contributed by atoms with Crippen LogP contribution in [0.3, 0.4) is 0 Å². The molecule has 0 nitrogen and oxygen atoms in total. The topological polar surface area (TPSA) is 0 Å². The first-order valence-electron chi connectivity index (χ1n) is 4.15. The fraction of sp³-hybridized carbons (Fsp3) is 0.0833. The molecule has 0 unspecified atom stereocenters. The van der Waals surface area contributed by atoms with Crippen LogP contribution in [-0.4, -0.2) is 0 Å². The van der Waals surface area contributed by atoms with Crippen molar-refractivity contribution in [2.75, 3.05) is 0 Å². The van der Waals surface area contributed by atoms with Gasteiger partial charge < -0.3 is 37.2 Å². The van der Waals surface area contributed by atoms with Crippen LogP contribution in [0.5, 0.6) is 0 Å². The van der Waals surface area contributed by atoms with Crippen molar-refractivity contribution in [3.05, 3.63) is 54.1 Å². The van der Waals surface area contributed by atoms with E-state index >= 15 is 0 Å². The van der Waals surface area contributed by atoms with Gasteiger partial charge in [-0.1, -0.05) is 42.8 Å². The third-order valence-corrected chi connectivity index (χ3v) is 2.02. The minimum absolute atomic E-state index is 0. The van der Waals surface area contributed by atoms with Gasteiger partial charge in [0.2, 0.25) is 0 Å². The van der Waals surface area contributed by atoms with Gasteiger partial charge in [-0.2, -0.15) is 23.3 Å². The van der Waals surface area contributed by atoms with E-state index in [1.807, 2.05) is 6.07 Å². The van der Waals surface area contributed by atoms with Crippen LogP contribution in [0.2, 0.25) is 0 Å². The minimum atomic E-state index is 0. The van der Waals surface area contributed by atoms with E-state index in [1.165, 1.54) is 16.7 Å². The van der Waals surface area contributed by atoms with Gasteiger partial charge in [-0.25, -0.2) is 6.07 Å². The summed E-state index contributed by atoms with van der Waals surface area (Å²) in [5, 5.41) is 0.